The standard InChI is InChI=1S/C8H10F6N4O4S2/c9-7(10,11)23(19,20)15-5-17-1-2-18(4-3-17)6-16-24(21,22)8(12,13)14/h5-6H,1-4H2/b15-5+,16-6+. The summed E-state index contributed by atoms with van der Waals surface area (Å²) in [6.45, 7) is -0.409. The molecule has 0 aromatic heterocycles. The fourth-order valence-electron chi connectivity index (χ4n) is 1.35. The van der Waals surface area contributed by atoms with Crippen molar-refractivity contribution in [2.45, 2.75) is 11.0 Å². The smallest absolute Gasteiger partial charge is 0.358 e. The predicted molar refractivity (Wildman–Crippen MR) is 70.1 cm³/mol. The molecule has 0 atom stereocenters. The van der Waals surface area contributed by atoms with Crippen LogP contribution in [0.2, 0.25) is 0 Å². The van der Waals surface area contributed by atoms with Crippen LogP contribution in [0.4, 0.5) is 26.3 Å². The number of rotatable bonds is 4. The van der Waals surface area contributed by atoms with Crippen LogP contribution < -0.4 is 0 Å². The van der Waals surface area contributed by atoms with Crippen molar-refractivity contribution in [1.82, 2.24) is 9.80 Å². The highest BCUT2D eigenvalue weighted by Gasteiger charge is 2.46. The van der Waals surface area contributed by atoms with Gasteiger partial charge in [-0.05, 0) is 0 Å². The van der Waals surface area contributed by atoms with Gasteiger partial charge in [-0.25, -0.2) is 0 Å². The average Bonchev–Trinajstić information content (AvgIpc) is 2.41. The second-order valence-electron chi connectivity index (χ2n) is 4.36. The van der Waals surface area contributed by atoms with Gasteiger partial charge < -0.3 is 9.80 Å². The molecule has 0 N–H and O–H groups in total. The summed E-state index contributed by atoms with van der Waals surface area (Å²) in [6.07, 6.45) is 0.896. The normalized spacial score (nSPS) is 18.8. The second-order valence-corrected chi connectivity index (χ2v) is 7.60. The van der Waals surface area contributed by atoms with Crippen molar-refractivity contribution in [2.75, 3.05) is 26.2 Å². The summed E-state index contributed by atoms with van der Waals surface area (Å²) in [5.74, 6) is 0. The van der Waals surface area contributed by atoms with Crippen molar-refractivity contribution in [3.05, 3.63) is 0 Å². The molecule has 0 spiro atoms. The van der Waals surface area contributed by atoms with Gasteiger partial charge in [0, 0.05) is 26.2 Å². The van der Waals surface area contributed by atoms with E-state index in [0.717, 1.165) is 9.80 Å². The molecule has 24 heavy (non-hydrogen) atoms. The molecule has 16 heteroatoms. The second kappa shape index (κ2) is 6.73. The quantitative estimate of drug-likeness (QED) is 0.381. The Kier molecular flexibility index (Phi) is 5.74. The molecule has 1 saturated heterocycles. The molecule has 8 nitrogen and oxygen atoms in total. The Morgan fingerprint density at radius 1 is 0.667 bits per heavy atom. The Hall–Kier alpha value is -1.58. The number of halogens is 6. The summed E-state index contributed by atoms with van der Waals surface area (Å²) in [6, 6.07) is 0. The maximum absolute atomic E-state index is 12.1. The summed E-state index contributed by atoms with van der Waals surface area (Å²) < 4.78 is 120. The van der Waals surface area contributed by atoms with E-state index < -0.39 is 31.1 Å². The van der Waals surface area contributed by atoms with Crippen LogP contribution in [0.15, 0.2) is 8.80 Å². The average molecular weight is 404 g/mol. The zero-order valence-corrected chi connectivity index (χ0v) is 13.1. The van der Waals surface area contributed by atoms with Gasteiger partial charge in [-0.15, -0.1) is 8.80 Å². The van der Waals surface area contributed by atoms with E-state index in [9.17, 15) is 43.2 Å². The van der Waals surface area contributed by atoms with E-state index in [-0.39, 0.29) is 26.2 Å². The molecular formula is C8H10F6N4O4S2. The predicted octanol–water partition coefficient (Wildman–Crippen LogP) is 0.360. The topological polar surface area (TPSA) is 99.5 Å². The summed E-state index contributed by atoms with van der Waals surface area (Å²) >= 11 is 0. The number of nitrogens with zero attached hydrogens (tertiary/aromatic N) is 4. The van der Waals surface area contributed by atoms with Crippen LogP contribution >= 0.6 is 0 Å². The molecule has 0 aliphatic carbocycles. The van der Waals surface area contributed by atoms with Crippen LogP contribution in [-0.2, 0) is 20.0 Å². The van der Waals surface area contributed by atoms with Crippen molar-refractivity contribution in [1.29, 1.82) is 0 Å². The first kappa shape index (κ1) is 20.5. The van der Waals surface area contributed by atoms with E-state index in [4.69, 9.17) is 0 Å². The Morgan fingerprint density at radius 3 is 1.12 bits per heavy atom. The summed E-state index contributed by atoms with van der Waals surface area (Å²) in [5, 5.41) is 0. The minimum atomic E-state index is -5.67. The van der Waals surface area contributed by atoms with Crippen LogP contribution in [0.25, 0.3) is 0 Å². The Morgan fingerprint density at radius 2 is 0.917 bits per heavy atom. The monoisotopic (exact) mass is 404 g/mol. The fourth-order valence-corrected chi connectivity index (χ4v) is 2.10. The van der Waals surface area contributed by atoms with E-state index in [0.29, 0.717) is 12.7 Å². The van der Waals surface area contributed by atoms with E-state index in [1.54, 1.807) is 0 Å². The van der Waals surface area contributed by atoms with Crippen molar-refractivity contribution < 1.29 is 43.2 Å². The molecule has 1 rings (SSSR count). The summed E-state index contributed by atoms with van der Waals surface area (Å²) in [5.41, 5.74) is -11.1. The molecule has 0 aromatic rings. The Balaban J connectivity index is 2.63. The zero-order chi connectivity index (χ0) is 18.8. The zero-order valence-electron chi connectivity index (χ0n) is 11.5. The number of sulfonamides is 2. The highest BCUT2D eigenvalue weighted by Crippen LogP contribution is 2.25. The lowest BCUT2D eigenvalue weighted by Crippen LogP contribution is -2.45. The lowest BCUT2D eigenvalue weighted by Gasteiger charge is -2.31. The highest BCUT2D eigenvalue weighted by atomic mass is 32.2. The maximum atomic E-state index is 12.1. The van der Waals surface area contributed by atoms with Crippen LogP contribution in [0, 0.1) is 0 Å². The third-order valence-electron chi connectivity index (χ3n) is 2.63. The Labute approximate surface area is 132 Å². The van der Waals surface area contributed by atoms with Gasteiger partial charge in [0.15, 0.2) is 0 Å². The van der Waals surface area contributed by atoms with Gasteiger partial charge in [0.2, 0.25) is 0 Å². The molecule has 0 amide bonds. The molecule has 1 aliphatic rings. The van der Waals surface area contributed by atoms with E-state index in [2.05, 4.69) is 8.80 Å². The van der Waals surface area contributed by atoms with Crippen LogP contribution in [0.1, 0.15) is 0 Å². The maximum Gasteiger partial charge on any atom is 0.518 e. The molecule has 0 bridgehead atoms. The van der Waals surface area contributed by atoms with Crippen LogP contribution in [0.3, 0.4) is 0 Å². The van der Waals surface area contributed by atoms with Crippen LogP contribution in [0.5, 0.6) is 0 Å². The molecule has 1 heterocycles. The lowest BCUT2D eigenvalue weighted by atomic mass is 10.3. The number of hydrogen-bond acceptors (Lipinski definition) is 4. The largest absolute Gasteiger partial charge is 0.518 e. The van der Waals surface area contributed by atoms with Gasteiger partial charge >= 0.3 is 31.1 Å². The summed E-state index contributed by atoms with van der Waals surface area (Å²) in [4.78, 5) is 2.15. The van der Waals surface area contributed by atoms with Gasteiger partial charge in [-0.1, -0.05) is 0 Å². The Bertz CT molecular complexity index is 642. The minimum absolute atomic E-state index is 0.102. The van der Waals surface area contributed by atoms with Gasteiger partial charge in [-0.2, -0.15) is 43.2 Å². The number of alkyl halides is 6. The van der Waals surface area contributed by atoms with Crippen molar-refractivity contribution >= 4 is 32.7 Å². The first-order valence-corrected chi connectivity index (χ1v) is 8.75. The van der Waals surface area contributed by atoms with Gasteiger partial charge in [0.1, 0.15) is 12.7 Å². The molecule has 0 radical (unpaired) electrons. The first-order chi connectivity index (χ1) is 10.7. The molecule has 1 fully saturated rings. The summed E-state index contributed by atoms with van der Waals surface area (Å²) in [7, 11) is -11.3. The van der Waals surface area contributed by atoms with Gasteiger partial charge in [0.05, 0.1) is 0 Å². The third kappa shape index (κ3) is 5.22. The van der Waals surface area contributed by atoms with E-state index in [1.807, 2.05) is 0 Å². The fraction of sp³-hybridized carbons (Fsp3) is 0.750. The van der Waals surface area contributed by atoms with Crippen molar-refractivity contribution in [3.63, 3.8) is 0 Å². The molecule has 0 aromatic carbocycles. The molecule has 1 aliphatic heterocycles. The van der Waals surface area contributed by atoms with Crippen molar-refractivity contribution in [2.24, 2.45) is 8.80 Å². The van der Waals surface area contributed by atoms with E-state index in [1.165, 1.54) is 0 Å². The first-order valence-electron chi connectivity index (χ1n) is 5.87. The van der Waals surface area contributed by atoms with Gasteiger partial charge in [-0.3, -0.25) is 0 Å². The molecule has 0 unspecified atom stereocenters. The van der Waals surface area contributed by atoms with E-state index >= 15 is 0 Å². The van der Waals surface area contributed by atoms with Crippen molar-refractivity contribution in [3.8, 4) is 0 Å². The van der Waals surface area contributed by atoms with Gasteiger partial charge in [0.25, 0.3) is 0 Å². The lowest BCUT2D eigenvalue weighted by molar-refractivity contribution is -0.0441. The third-order valence-corrected chi connectivity index (χ3v) is 4.55. The SMILES string of the molecule is O=S(=O)(/N=C/N1CCN(/C=N/S(=O)(=O)C(F)(F)F)CC1)C(F)(F)F. The minimum Gasteiger partial charge on any atom is -0.358 e. The number of hydrogen-bond donors (Lipinski definition) is 0. The molecule has 140 valence electrons. The molecule has 0 saturated carbocycles. The molecular weight excluding hydrogens is 394 g/mol. The highest BCUT2D eigenvalue weighted by molar-refractivity contribution is 7.91. The number of piperazine rings is 1. The van der Waals surface area contributed by atoms with Crippen LogP contribution in [-0.4, -0.2) is 76.5 Å².